The molecule has 96 valence electrons. The number of hydrogen-bond acceptors (Lipinski definition) is 4. The number of carbonyl (C=O) groups excluding carboxylic acids is 1. The van der Waals surface area contributed by atoms with Gasteiger partial charge in [-0.05, 0) is 18.2 Å². The molecule has 1 heterocycles. The Morgan fingerprint density at radius 1 is 1.61 bits per heavy atom. The molecule has 1 atom stereocenters. The van der Waals surface area contributed by atoms with E-state index in [0.29, 0.717) is 0 Å². The Balaban J connectivity index is 2.36. The SMILES string of the molecule is NC[C@H]1COC(=O)N1c1ccc(C(=O)O)c(F)c1. The van der Waals surface area contributed by atoms with Gasteiger partial charge in [0.2, 0.25) is 0 Å². The van der Waals surface area contributed by atoms with E-state index < -0.39 is 23.4 Å². The molecule has 0 aromatic heterocycles. The minimum atomic E-state index is -1.36. The Bertz CT molecular complexity index is 506. The maximum absolute atomic E-state index is 13.5. The van der Waals surface area contributed by atoms with E-state index >= 15 is 0 Å². The average Bonchev–Trinajstić information content (AvgIpc) is 2.69. The Morgan fingerprint density at radius 2 is 2.33 bits per heavy atom. The smallest absolute Gasteiger partial charge is 0.414 e. The molecule has 1 aromatic rings. The van der Waals surface area contributed by atoms with Gasteiger partial charge in [-0.1, -0.05) is 0 Å². The van der Waals surface area contributed by atoms with E-state index in [2.05, 4.69) is 0 Å². The molecule has 0 saturated carbocycles. The van der Waals surface area contributed by atoms with Crippen LogP contribution in [0.3, 0.4) is 0 Å². The van der Waals surface area contributed by atoms with Crippen LogP contribution in [0.25, 0.3) is 0 Å². The molecule has 1 amide bonds. The van der Waals surface area contributed by atoms with E-state index in [1.807, 2.05) is 0 Å². The van der Waals surface area contributed by atoms with Crippen LogP contribution in [0.5, 0.6) is 0 Å². The molecule has 3 N–H and O–H groups in total. The van der Waals surface area contributed by atoms with Crippen LogP contribution < -0.4 is 10.6 Å². The summed E-state index contributed by atoms with van der Waals surface area (Å²) in [6.45, 7) is 0.311. The van der Waals surface area contributed by atoms with Crippen molar-refractivity contribution in [1.82, 2.24) is 0 Å². The Labute approximate surface area is 102 Å². The van der Waals surface area contributed by atoms with Crippen molar-refractivity contribution in [2.24, 2.45) is 5.73 Å². The molecule has 0 spiro atoms. The van der Waals surface area contributed by atoms with Crippen molar-refractivity contribution in [3.63, 3.8) is 0 Å². The van der Waals surface area contributed by atoms with Gasteiger partial charge in [-0.2, -0.15) is 0 Å². The van der Waals surface area contributed by atoms with Gasteiger partial charge >= 0.3 is 12.1 Å². The lowest BCUT2D eigenvalue weighted by Gasteiger charge is -2.20. The van der Waals surface area contributed by atoms with Crippen LogP contribution >= 0.6 is 0 Å². The largest absolute Gasteiger partial charge is 0.478 e. The number of carboxylic acid groups (broad SMARTS) is 1. The third-order valence-electron chi connectivity index (χ3n) is 2.69. The molecule has 18 heavy (non-hydrogen) atoms. The molecule has 7 heteroatoms. The second-order valence-electron chi connectivity index (χ2n) is 3.81. The number of aromatic carboxylic acids is 1. The number of nitrogens with zero attached hydrogens (tertiary/aromatic N) is 1. The molecule has 0 aliphatic carbocycles. The van der Waals surface area contributed by atoms with Gasteiger partial charge in [-0.15, -0.1) is 0 Å². The lowest BCUT2D eigenvalue weighted by atomic mass is 10.1. The number of cyclic esters (lactones) is 1. The van der Waals surface area contributed by atoms with Crippen LogP contribution in [0.4, 0.5) is 14.9 Å². The highest BCUT2D eigenvalue weighted by Gasteiger charge is 2.33. The summed E-state index contributed by atoms with van der Waals surface area (Å²) >= 11 is 0. The van der Waals surface area contributed by atoms with Gasteiger partial charge in [-0.25, -0.2) is 14.0 Å². The molecular formula is C11H11FN2O4. The van der Waals surface area contributed by atoms with Crippen LogP contribution in [-0.4, -0.2) is 36.4 Å². The fraction of sp³-hybridized carbons (Fsp3) is 0.273. The van der Waals surface area contributed by atoms with Crippen LogP contribution in [0.2, 0.25) is 0 Å². The maximum Gasteiger partial charge on any atom is 0.414 e. The van der Waals surface area contributed by atoms with E-state index in [1.165, 1.54) is 11.0 Å². The van der Waals surface area contributed by atoms with E-state index in [9.17, 15) is 14.0 Å². The summed E-state index contributed by atoms with van der Waals surface area (Å²) in [5, 5.41) is 8.71. The van der Waals surface area contributed by atoms with Crippen molar-refractivity contribution in [2.45, 2.75) is 6.04 Å². The van der Waals surface area contributed by atoms with Crippen LogP contribution in [-0.2, 0) is 4.74 Å². The first-order valence-corrected chi connectivity index (χ1v) is 5.23. The van der Waals surface area contributed by atoms with Crippen LogP contribution in [0.1, 0.15) is 10.4 Å². The molecule has 2 rings (SSSR count). The molecule has 0 bridgehead atoms. The third kappa shape index (κ3) is 2.00. The lowest BCUT2D eigenvalue weighted by molar-refractivity contribution is 0.0692. The number of benzene rings is 1. The fourth-order valence-electron chi connectivity index (χ4n) is 1.78. The molecular weight excluding hydrogens is 243 g/mol. The Hall–Kier alpha value is -2.15. The summed E-state index contributed by atoms with van der Waals surface area (Å²) in [6, 6.07) is 3.07. The summed E-state index contributed by atoms with van der Waals surface area (Å²) in [5.74, 6) is -2.27. The molecule has 6 nitrogen and oxygen atoms in total. The van der Waals surface area contributed by atoms with Gasteiger partial charge in [0.1, 0.15) is 12.4 Å². The number of amides is 1. The maximum atomic E-state index is 13.5. The fourth-order valence-corrected chi connectivity index (χ4v) is 1.78. The Kier molecular flexibility index (Phi) is 3.15. The monoisotopic (exact) mass is 254 g/mol. The van der Waals surface area contributed by atoms with Gasteiger partial charge in [0, 0.05) is 6.54 Å². The van der Waals surface area contributed by atoms with Crippen molar-refractivity contribution in [3.05, 3.63) is 29.6 Å². The number of carbonyl (C=O) groups is 2. The predicted octanol–water partition coefficient (Wildman–Crippen LogP) is 0.808. The standard InChI is InChI=1S/C11H11FN2O4/c12-9-3-6(1-2-8(9)10(15)16)14-7(4-13)5-18-11(14)17/h1-3,7H,4-5,13H2,(H,15,16)/t7-/m0/s1. The first kappa shape index (κ1) is 12.3. The molecule has 1 aliphatic heterocycles. The summed E-state index contributed by atoms with van der Waals surface area (Å²) in [4.78, 5) is 23.4. The highest BCUT2D eigenvalue weighted by Crippen LogP contribution is 2.24. The second kappa shape index (κ2) is 4.61. The summed E-state index contributed by atoms with van der Waals surface area (Å²) in [7, 11) is 0. The first-order chi connectivity index (χ1) is 8.54. The molecule has 1 aromatic carbocycles. The molecule has 1 saturated heterocycles. The summed E-state index contributed by atoms with van der Waals surface area (Å²) in [6.07, 6.45) is -0.618. The van der Waals surface area contributed by atoms with E-state index in [1.54, 1.807) is 0 Å². The number of nitrogens with two attached hydrogens (primary N) is 1. The second-order valence-corrected chi connectivity index (χ2v) is 3.81. The zero-order valence-electron chi connectivity index (χ0n) is 9.30. The van der Waals surface area contributed by atoms with Crippen molar-refractivity contribution in [2.75, 3.05) is 18.1 Å². The van der Waals surface area contributed by atoms with Gasteiger partial charge in [-0.3, -0.25) is 4.90 Å². The van der Waals surface area contributed by atoms with Gasteiger partial charge in [0.25, 0.3) is 0 Å². The quantitative estimate of drug-likeness (QED) is 0.832. The lowest BCUT2D eigenvalue weighted by Crippen LogP contribution is -2.39. The number of rotatable bonds is 3. The number of hydrogen-bond donors (Lipinski definition) is 2. The number of ether oxygens (including phenoxy) is 1. The topological polar surface area (TPSA) is 92.9 Å². The van der Waals surface area contributed by atoms with Crippen molar-refractivity contribution < 1.29 is 23.8 Å². The highest BCUT2D eigenvalue weighted by atomic mass is 19.1. The normalized spacial score (nSPS) is 18.9. The van der Waals surface area contributed by atoms with Crippen molar-refractivity contribution >= 4 is 17.7 Å². The molecule has 1 fully saturated rings. The van der Waals surface area contributed by atoms with Gasteiger partial charge < -0.3 is 15.6 Å². The first-order valence-electron chi connectivity index (χ1n) is 5.23. The van der Waals surface area contributed by atoms with Crippen molar-refractivity contribution in [1.29, 1.82) is 0 Å². The molecule has 0 radical (unpaired) electrons. The van der Waals surface area contributed by atoms with E-state index in [0.717, 1.165) is 12.1 Å². The third-order valence-corrected chi connectivity index (χ3v) is 2.69. The van der Waals surface area contributed by atoms with Crippen LogP contribution in [0.15, 0.2) is 18.2 Å². The predicted molar refractivity (Wildman–Crippen MR) is 60.0 cm³/mol. The van der Waals surface area contributed by atoms with Gasteiger partial charge in [0.05, 0.1) is 17.3 Å². The van der Waals surface area contributed by atoms with E-state index in [-0.39, 0.29) is 24.9 Å². The number of anilines is 1. The van der Waals surface area contributed by atoms with E-state index in [4.69, 9.17) is 15.6 Å². The number of carboxylic acids is 1. The average molecular weight is 254 g/mol. The van der Waals surface area contributed by atoms with Gasteiger partial charge in [0.15, 0.2) is 0 Å². The Morgan fingerprint density at radius 3 is 2.89 bits per heavy atom. The zero-order valence-corrected chi connectivity index (χ0v) is 9.30. The zero-order chi connectivity index (χ0) is 13.3. The summed E-state index contributed by atoms with van der Waals surface area (Å²) < 4.78 is 18.3. The van der Waals surface area contributed by atoms with Crippen molar-refractivity contribution in [3.8, 4) is 0 Å². The highest BCUT2D eigenvalue weighted by molar-refractivity contribution is 5.92. The number of halogens is 1. The molecule has 0 unspecified atom stereocenters. The molecule has 1 aliphatic rings. The minimum Gasteiger partial charge on any atom is -0.478 e. The minimum absolute atomic E-state index is 0.137. The van der Waals surface area contributed by atoms with Crippen LogP contribution in [0, 0.1) is 5.82 Å². The summed E-state index contributed by atoms with van der Waals surface area (Å²) in [5.41, 5.74) is 5.26.